The maximum absolute atomic E-state index is 12.2. The summed E-state index contributed by atoms with van der Waals surface area (Å²) in [7, 11) is 0. The van der Waals surface area contributed by atoms with Crippen LogP contribution < -0.4 is 0 Å². The molecule has 9 nitrogen and oxygen atoms in total. The summed E-state index contributed by atoms with van der Waals surface area (Å²) in [5, 5.41) is 0. The van der Waals surface area contributed by atoms with E-state index in [-0.39, 0.29) is 49.3 Å². The van der Waals surface area contributed by atoms with Gasteiger partial charge in [0.05, 0.1) is 12.1 Å². The van der Waals surface area contributed by atoms with Crippen LogP contribution in [0.3, 0.4) is 0 Å². The van der Waals surface area contributed by atoms with Crippen LogP contribution in [0.5, 0.6) is 0 Å². The second-order valence-electron chi connectivity index (χ2n) is 7.83. The van der Waals surface area contributed by atoms with Gasteiger partial charge in [-0.3, -0.25) is 29.0 Å². The molecule has 0 radical (unpaired) electrons. The van der Waals surface area contributed by atoms with Gasteiger partial charge >= 0.3 is 6.16 Å². The minimum atomic E-state index is -0.952. The average Bonchev–Trinajstić information content (AvgIpc) is 3.27. The zero-order valence-electron chi connectivity index (χ0n) is 14.6. The van der Waals surface area contributed by atoms with Crippen molar-refractivity contribution >= 4 is 29.8 Å². The molecule has 4 aliphatic rings. The summed E-state index contributed by atoms with van der Waals surface area (Å²) >= 11 is 0. The summed E-state index contributed by atoms with van der Waals surface area (Å²) < 4.78 is 10.7. The molecule has 0 bridgehead atoms. The van der Waals surface area contributed by atoms with Crippen molar-refractivity contribution in [2.24, 2.45) is 0 Å². The van der Waals surface area contributed by atoms with Gasteiger partial charge in [-0.25, -0.2) is 4.79 Å². The normalized spacial score (nSPS) is 38.8. The zero-order valence-corrected chi connectivity index (χ0v) is 14.6. The second kappa shape index (κ2) is 5.28. The van der Waals surface area contributed by atoms with Gasteiger partial charge in [-0.2, -0.15) is 0 Å². The molecule has 4 atom stereocenters. The van der Waals surface area contributed by atoms with E-state index < -0.39 is 29.4 Å². The van der Waals surface area contributed by atoms with Gasteiger partial charge in [-0.1, -0.05) is 0 Å². The van der Waals surface area contributed by atoms with Gasteiger partial charge in [0.15, 0.2) is 0 Å². The summed E-state index contributed by atoms with van der Waals surface area (Å²) in [4.78, 5) is 61.7. The molecule has 2 aliphatic heterocycles. The quantitative estimate of drug-likeness (QED) is 0.527. The van der Waals surface area contributed by atoms with Crippen LogP contribution in [0.2, 0.25) is 0 Å². The maximum atomic E-state index is 12.2. The Labute approximate surface area is 149 Å². The summed E-state index contributed by atoms with van der Waals surface area (Å²) in [5.41, 5.74) is -1.90. The molecule has 26 heavy (non-hydrogen) atoms. The van der Waals surface area contributed by atoms with Gasteiger partial charge < -0.3 is 9.47 Å². The van der Waals surface area contributed by atoms with Gasteiger partial charge in [-0.05, 0) is 13.8 Å². The predicted molar refractivity (Wildman–Crippen MR) is 83.4 cm³/mol. The lowest BCUT2D eigenvalue weighted by molar-refractivity contribution is -0.141. The highest BCUT2D eigenvalue weighted by Gasteiger charge is 2.64. The standard InChI is InChI=1S/C17H20N2O7/c1-16(7-9(16)18-11(20)3-4-12(18)21)25-15(24)26-17(2)8-10(17)19-13(22)5-6-14(19)23/h9-10H,3-8H2,1-2H3. The van der Waals surface area contributed by atoms with E-state index in [0.29, 0.717) is 12.8 Å². The van der Waals surface area contributed by atoms with Gasteiger partial charge in [-0.15, -0.1) is 0 Å². The van der Waals surface area contributed by atoms with Crippen molar-refractivity contribution in [3.63, 3.8) is 0 Å². The Bertz CT molecular complexity index is 657. The molecular formula is C17H20N2O7. The van der Waals surface area contributed by atoms with Crippen LogP contribution in [0.15, 0.2) is 0 Å². The van der Waals surface area contributed by atoms with E-state index in [1.54, 1.807) is 13.8 Å². The van der Waals surface area contributed by atoms with Crippen molar-refractivity contribution in [2.75, 3.05) is 0 Å². The number of carbonyl (C=O) groups is 5. The molecule has 4 fully saturated rings. The van der Waals surface area contributed by atoms with Crippen LogP contribution in [0.4, 0.5) is 4.79 Å². The van der Waals surface area contributed by atoms with Crippen LogP contribution in [0.25, 0.3) is 0 Å². The van der Waals surface area contributed by atoms with Crippen molar-refractivity contribution < 1.29 is 33.4 Å². The highest BCUT2D eigenvalue weighted by Crippen LogP contribution is 2.48. The van der Waals surface area contributed by atoms with Gasteiger partial charge in [0.2, 0.25) is 23.6 Å². The fourth-order valence-electron chi connectivity index (χ4n) is 3.88. The molecular weight excluding hydrogens is 344 g/mol. The number of nitrogens with zero attached hydrogens (tertiary/aromatic N) is 2. The third-order valence-electron chi connectivity index (χ3n) is 5.72. The Hall–Kier alpha value is -2.45. The molecule has 140 valence electrons. The summed E-state index contributed by atoms with van der Waals surface area (Å²) in [6.45, 7) is 3.30. The van der Waals surface area contributed by atoms with Crippen LogP contribution in [-0.4, -0.2) is 62.9 Å². The van der Waals surface area contributed by atoms with E-state index in [1.807, 2.05) is 0 Å². The summed E-state index contributed by atoms with van der Waals surface area (Å²) in [5.74, 6) is -0.996. The summed E-state index contributed by atoms with van der Waals surface area (Å²) in [6.07, 6.45) is 0.589. The van der Waals surface area contributed by atoms with Gasteiger partial charge in [0.25, 0.3) is 0 Å². The molecule has 0 spiro atoms. The van der Waals surface area contributed by atoms with Gasteiger partial charge in [0.1, 0.15) is 11.2 Å². The number of carbonyl (C=O) groups excluding carboxylic acids is 5. The van der Waals surface area contributed by atoms with Crippen LogP contribution in [0.1, 0.15) is 52.4 Å². The maximum Gasteiger partial charge on any atom is 0.509 e. The van der Waals surface area contributed by atoms with Crippen LogP contribution >= 0.6 is 0 Å². The van der Waals surface area contributed by atoms with E-state index in [0.717, 1.165) is 0 Å². The first-order valence-corrected chi connectivity index (χ1v) is 8.76. The Morgan fingerprint density at radius 3 is 1.38 bits per heavy atom. The van der Waals surface area contributed by atoms with Crippen molar-refractivity contribution in [1.29, 1.82) is 0 Å². The highest BCUT2D eigenvalue weighted by atomic mass is 16.7. The third kappa shape index (κ3) is 2.57. The predicted octanol–water partition coefficient (Wildman–Crippen LogP) is 0.500. The molecule has 9 heteroatoms. The molecule has 2 aliphatic carbocycles. The smallest absolute Gasteiger partial charge is 0.426 e. The highest BCUT2D eigenvalue weighted by molar-refractivity contribution is 6.03. The number of likely N-dealkylation sites (tertiary alicyclic amines) is 2. The lowest BCUT2D eigenvalue weighted by Crippen LogP contribution is -2.39. The Balaban J connectivity index is 1.34. The SMILES string of the molecule is CC1(OC(=O)OC2(C)CC2N2C(=O)CCC2=O)CC1N1C(=O)CCC1=O. The van der Waals surface area contributed by atoms with Crippen molar-refractivity contribution in [3.8, 4) is 0 Å². The monoisotopic (exact) mass is 364 g/mol. The minimum absolute atomic E-state index is 0.188. The third-order valence-corrected chi connectivity index (χ3v) is 5.72. The molecule has 0 aromatic heterocycles. The fraction of sp³-hybridized carbons (Fsp3) is 0.706. The van der Waals surface area contributed by atoms with E-state index in [4.69, 9.17) is 9.47 Å². The van der Waals surface area contributed by atoms with E-state index in [9.17, 15) is 24.0 Å². The first-order chi connectivity index (χ1) is 12.1. The molecule has 4 rings (SSSR count). The average molecular weight is 364 g/mol. The number of hydrogen-bond donors (Lipinski definition) is 0. The fourth-order valence-corrected chi connectivity index (χ4v) is 3.88. The summed E-state index contributed by atoms with van der Waals surface area (Å²) in [6, 6.07) is -0.913. The van der Waals surface area contributed by atoms with Crippen LogP contribution in [0, 0.1) is 0 Å². The van der Waals surface area contributed by atoms with Crippen molar-refractivity contribution in [2.45, 2.75) is 75.7 Å². The minimum Gasteiger partial charge on any atom is -0.426 e. The molecule has 0 aromatic carbocycles. The largest absolute Gasteiger partial charge is 0.509 e. The Morgan fingerprint density at radius 1 is 0.769 bits per heavy atom. The molecule has 2 heterocycles. The zero-order chi connectivity index (χ0) is 18.9. The molecule has 4 amide bonds. The number of imide groups is 2. The second-order valence-corrected chi connectivity index (χ2v) is 7.83. The van der Waals surface area contributed by atoms with E-state index in [2.05, 4.69) is 0 Å². The Morgan fingerprint density at radius 2 is 1.08 bits per heavy atom. The van der Waals surface area contributed by atoms with E-state index >= 15 is 0 Å². The van der Waals surface area contributed by atoms with Gasteiger partial charge in [0, 0.05) is 38.5 Å². The molecule has 4 unspecified atom stereocenters. The molecule has 0 N–H and O–H groups in total. The number of ether oxygens (including phenoxy) is 2. The number of amides is 4. The topological polar surface area (TPSA) is 110 Å². The first kappa shape index (κ1) is 17.0. The first-order valence-electron chi connectivity index (χ1n) is 8.76. The number of hydrogen-bond acceptors (Lipinski definition) is 7. The lowest BCUT2D eigenvalue weighted by Gasteiger charge is -2.21. The van der Waals surface area contributed by atoms with E-state index in [1.165, 1.54) is 9.80 Å². The molecule has 2 saturated heterocycles. The van der Waals surface area contributed by atoms with Crippen molar-refractivity contribution in [1.82, 2.24) is 9.80 Å². The van der Waals surface area contributed by atoms with Crippen molar-refractivity contribution in [3.05, 3.63) is 0 Å². The number of rotatable bonds is 4. The molecule has 2 saturated carbocycles. The molecule has 0 aromatic rings. The lowest BCUT2D eigenvalue weighted by atomic mass is 10.3. The Kier molecular flexibility index (Phi) is 3.45. The van der Waals surface area contributed by atoms with Crippen LogP contribution in [-0.2, 0) is 28.7 Å².